The van der Waals surface area contributed by atoms with Crippen LogP contribution < -0.4 is 0 Å². The van der Waals surface area contributed by atoms with Crippen molar-refractivity contribution in [2.75, 3.05) is 13.2 Å². The Labute approximate surface area is 107 Å². The molecule has 0 amide bonds. The van der Waals surface area contributed by atoms with Gasteiger partial charge in [-0.2, -0.15) is 0 Å². The molecule has 102 valence electrons. The first-order chi connectivity index (χ1) is 8.36. The third-order valence-corrected chi connectivity index (χ3v) is 2.46. The monoisotopic (exact) mass is 255 g/mol. The van der Waals surface area contributed by atoms with Crippen LogP contribution in [0.2, 0.25) is 0 Å². The molecule has 0 aliphatic carbocycles. The van der Waals surface area contributed by atoms with E-state index in [-0.39, 0.29) is 11.2 Å². The Morgan fingerprint density at radius 2 is 2.11 bits per heavy atom. The highest BCUT2D eigenvalue weighted by Gasteiger charge is 2.28. The van der Waals surface area contributed by atoms with Gasteiger partial charge < -0.3 is 14.3 Å². The Morgan fingerprint density at radius 1 is 1.44 bits per heavy atom. The lowest BCUT2D eigenvalue weighted by Crippen LogP contribution is -2.16. The summed E-state index contributed by atoms with van der Waals surface area (Å²) in [7, 11) is 0. The maximum absolute atomic E-state index is 11.1. The Morgan fingerprint density at radius 3 is 2.56 bits per heavy atom. The first kappa shape index (κ1) is 14.7. The number of rotatable bonds is 6. The lowest BCUT2D eigenvalue weighted by molar-refractivity contribution is 0.0656. The number of carbonyl (C=O) groups is 1. The zero-order valence-corrected chi connectivity index (χ0v) is 11.4. The van der Waals surface area contributed by atoms with Gasteiger partial charge in [-0.05, 0) is 13.3 Å². The lowest BCUT2D eigenvalue weighted by Gasteiger charge is -2.14. The second-order valence-corrected chi connectivity index (χ2v) is 5.14. The normalized spacial score (nSPS) is 11.8. The third-order valence-electron chi connectivity index (χ3n) is 2.46. The molecule has 0 radical (unpaired) electrons. The number of nitrogens with zero attached hydrogens (tertiary/aromatic N) is 1. The van der Waals surface area contributed by atoms with Gasteiger partial charge in [0.2, 0.25) is 5.76 Å². The number of ether oxygens (including phenoxy) is 1. The van der Waals surface area contributed by atoms with Gasteiger partial charge in [0.15, 0.2) is 5.89 Å². The summed E-state index contributed by atoms with van der Waals surface area (Å²) in [5.41, 5.74) is 0.163. The number of oxazole rings is 1. The Kier molecular flexibility index (Phi) is 4.90. The molecule has 1 N–H and O–H groups in total. The molecule has 0 atom stereocenters. The van der Waals surface area contributed by atoms with Crippen LogP contribution >= 0.6 is 0 Å². The average Bonchev–Trinajstić information content (AvgIpc) is 2.68. The minimum absolute atomic E-state index is 0.0473. The van der Waals surface area contributed by atoms with E-state index in [0.29, 0.717) is 31.2 Å². The molecule has 1 aromatic rings. The predicted molar refractivity (Wildman–Crippen MR) is 67.0 cm³/mol. The van der Waals surface area contributed by atoms with E-state index in [1.54, 1.807) is 0 Å². The highest BCUT2D eigenvalue weighted by Crippen LogP contribution is 2.26. The Bertz CT molecular complexity index is 404. The molecule has 0 unspecified atom stereocenters. The standard InChI is InChI=1S/C13H21NO4/c1-5-17-8-6-7-9-14-11(13(2,3)4)10(18-9)12(15)16/h5-8H2,1-4H3,(H,15,16). The molecule has 0 bridgehead atoms. The number of aromatic nitrogens is 1. The van der Waals surface area contributed by atoms with Crippen molar-refractivity contribution < 1.29 is 19.1 Å². The maximum atomic E-state index is 11.1. The van der Waals surface area contributed by atoms with Crippen molar-refractivity contribution in [3.8, 4) is 0 Å². The van der Waals surface area contributed by atoms with Gasteiger partial charge in [-0.25, -0.2) is 9.78 Å². The van der Waals surface area contributed by atoms with Gasteiger partial charge in [-0.15, -0.1) is 0 Å². The molecule has 1 heterocycles. The van der Waals surface area contributed by atoms with Gasteiger partial charge in [0, 0.05) is 25.0 Å². The van der Waals surface area contributed by atoms with Crippen LogP contribution in [0.4, 0.5) is 0 Å². The summed E-state index contributed by atoms with van der Waals surface area (Å²) >= 11 is 0. The van der Waals surface area contributed by atoms with Crippen LogP contribution in [-0.4, -0.2) is 29.3 Å². The van der Waals surface area contributed by atoms with Crippen LogP contribution in [0.25, 0.3) is 0 Å². The first-order valence-electron chi connectivity index (χ1n) is 6.17. The highest BCUT2D eigenvalue weighted by molar-refractivity contribution is 5.86. The van der Waals surface area contributed by atoms with Crippen molar-refractivity contribution in [3.05, 3.63) is 17.3 Å². The molecular weight excluding hydrogens is 234 g/mol. The number of aromatic carboxylic acids is 1. The summed E-state index contributed by atoms with van der Waals surface area (Å²) in [5, 5.41) is 9.09. The van der Waals surface area contributed by atoms with Crippen LogP contribution in [0.3, 0.4) is 0 Å². The lowest BCUT2D eigenvalue weighted by atomic mass is 9.91. The fraction of sp³-hybridized carbons (Fsp3) is 0.692. The summed E-state index contributed by atoms with van der Waals surface area (Å²) < 4.78 is 10.5. The minimum atomic E-state index is -1.07. The minimum Gasteiger partial charge on any atom is -0.475 e. The van der Waals surface area contributed by atoms with Gasteiger partial charge in [0.25, 0.3) is 0 Å². The summed E-state index contributed by atoms with van der Waals surface area (Å²) in [6.45, 7) is 9.00. The number of carboxylic acid groups (broad SMARTS) is 1. The van der Waals surface area contributed by atoms with E-state index in [1.165, 1.54) is 0 Å². The molecule has 0 aromatic carbocycles. The summed E-state index contributed by atoms with van der Waals surface area (Å²) in [5.74, 6) is -0.644. The second kappa shape index (κ2) is 6.00. The third kappa shape index (κ3) is 3.84. The Hall–Kier alpha value is -1.36. The first-order valence-corrected chi connectivity index (χ1v) is 6.17. The van der Waals surface area contributed by atoms with E-state index in [0.717, 1.165) is 6.42 Å². The number of hydrogen-bond donors (Lipinski definition) is 1. The molecule has 18 heavy (non-hydrogen) atoms. The molecule has 5 heteroatoms. The van der Waals surface area contributed by atoms with Gasteiger partial charge in [0.1, 0.15) is 0 Å². The molecular formula is C13H21NO4. The van der Waals surface area contributed by atoms with Gasteiger partial charge in [-0.1, -0.05) is 20.8 Å². The summed E-state index contributed by atoms with van der Waals surface area (Å²) in [4.78, 5) is 15.4. The molecule has 5 nitrogen and oxygen atoms in total. The van der Waals surface area contributed by atoms with Crippen LogP contribution in [-0.2, 0) is 16.6 Å². The molecule has 1 rings (SSSR count). The zero-order valence-electron chi connectivity index (χ0n) is 11.4. The fourth-order valence-corrected chi connectivity index (χ4v) is 1.59. The second-order valence-electron chi connectivity index (χ2n) is 5.14. The topological polar surface area (TPSA) is 72.6 Å². The SMILES string of the molecule is CCOCCCc1nc(C(C)(C)C)c(C(=O)O)o1. The fourth-order valence-electron chi connectivity index (χ4n) is 1.59. The average molecular weight is 255 g/mol. The van der Waals surface area contributed by atoms with E-state index < -0.39 is 5.97 Å². The summed E-state index contributed by atoms with van der Waals surface area (Å²) in [6.07, 6.45) is 1.37. The molecule has 0 fully saturated rings. The summed E-state index contributed by atoms with van der Waals surface area (Å²) in [6, 6.07) is 0. The number of aryl methyl sites for hydroxylation is 1. The van der Waals surface area contributed by atoms with E-state index >= 15 is 0 Å². The number of carboxylic acids is 1. The van der Waals surface area contributed by atoms with Gasteiger partial charge >= 0.3 is 5.97 Å². The van der Waals surface area contributed by atoms with E-state index in [1.807, 2.05) is 27.7 Å². The van der Waals surface area contributed by atoms with Crippen molar-refractivity contribution in [3.63, 3.8) is 0 Å². The highest BCUT2D eigenvalue weighted by atomic mass is 16.5. The quantitative estimate of drug-likeness (QED) is 0.791. The molecule has 0 saturated carbocycles. The Balaban J connectivity index is 2.80. The van der Waals surface area contributed by atoms with Crippen molar-refractivity contribution >= 4 is 5.97 Å². The van der Waals surface area contributed by atoms with Crippen LogP contribution in [0.15, 0.2) is 4.42 Å². The van der Waals surface area contributed by atoms with Gasteiger partial charge in [-0.3, -0.25) is 0 Å². The zero-order chi connectivity index (χ0) is 13.8. The molecule has 1 aromatic heterocycles. The molecule has 0 aliphatic rings. The van der Waals surface area contributed by atoms with Crippen molar-refractivity contribution in [2.45, 2.75) is 46.0 Å². The molecule has 0 aliphatic heterocycles. The van der Waals surface area contributed by atoms with Crippen molar-refractivity contribution in [1.29, 1.82) is 0 Å². The molecule has 0 spiro atoms. The number of hydrogen-bond acceptors (Lipinski definition) is 4. The van der Waals surface area contributed by atoms with Crippen LogP contribution in [0, 0.1) is 0 Å². The molecule has 0 saturated heterocycles. The van der Waals surface area contributed by atoms with E-state index in [2.05, 4.69) is 4.98 Å². The van der Waals surface area contributed by atoms with Gasteiger partial charge in [0.05, 0.1) is 5.69 Å². The smallest absolute Gasteiger partial charge is 0.373 e. The largest absolute Gasteiger partial charge is 0.475 e. The maximum Gasteiger partial charge on any atom is 0.373 e. The predicted octanol–water partition coefficient (Wildman–Crippen LogP) is 2.64. The van der Waals surface area contributed by atoms with E-state index in [4.69, 9.17) is 14.3 Å². The van der Waals surface area contributed by atoms with Crippen LogP contribution in [0.5, 0.6) is 0 Å². The van der Waals surface area contributed by atoms with Crippen LogP contribution in [0.1, 0.15) is 56.3 Å². The van der Waals surface area contributed by atoms with Crippen molar-refractivity contribution in [2.24, 2.45) is 0 Å². The van der Waals surface area contributed by atoms with E-state index in [9.17, 15) is 4.79 Å². The van der Waals surface area contributed by atoms with Crippen molar-refractivity contribution in [1.82, 2.24) is 4.98 Å².